The van der Waals surface area contributed by atoms with Crippen LogP contribution in [0.4, 0.5) is 0 Å². The van der Waals surface area contributed by atoms with Crippen molar-refractivity contribution in [2.45, 2.75) is 33.1 Å². The normalized spacial score (nSPS) is 12.2. The number of carboxylic acids is 1. The minimum Gasteiger partial charge on any atom is -0.478 e. The quantitative estimate of drug-likeness (QED) is 0.706. The zero-order valence-electron chi connectivity index (χ0n) is 14.9. The van der Waals surface area contributed by atoms with Crippen LogP contribution in [0.3, 0.4) is 0 Å². The molecular weight excluding hydrogens is 312 g/mol. The molecule has 0 saturated carbocycles. The van der Waals surface area contributed by atoms with Gasteiger partial charge < -0.3 is 5.11 Å². The number of rotatable bonds is 3. The Bertz CT molecular complexity index is 958. The van der Waals surface area contributed by atoms with E-state index in [0.29, 0.717) is 0 Å². The van der Waals surface area contributed by atoms with E-state index in [2.05, 4.69) is 32.9 Å². The van der Waals surface area contributed by atoms with Gasteiger partial charge in [0.25, 0.3) is 0 Å². The summed E-state index contributed by atoms with van der Waals surface area (Å²) in [6, 6.07) is 12.3. The second kappa shape index (κ2) is 6.20. The number of imidazole rings is 1. The zero-order valence-corrected chi connectivity index (χ0v) is 14.9. The third kappa shape index (κ3) is 3.48. The van der Waals surface area contributed by atoms with Gasteiger partial charge in [-0.1, -0.05) is 51.1 Å². The Morgan fingerprint density at radius 2 is 1.80 bits per heavy atom. The van der Waals surface area contributed by atoms with Gasteiger partial charge in [0.05, 0.1) is 11.4 Å². The summed E-state index contributed by atoms with van der Waals surface area (Å²) in [6.07, 6.45) is 4.73. The Balaban J connectivity index is 2.18. The highest BCUT2D eigenvalue weighted by atomic mass is 16.4. The van der Waals surface area contributed by atoms with E-state index >= 15 is 0 Å². The van der Waals surface area contributed by atoms with E-state index in [-0.39, 0.29) is 5.41 Å². The highest BCUT2D eigenvalue weighted by molar-refractivity contribution is 5.87. The Morgan fingerprint density at radius 3 is 2.40 bits per heavy atom. The van der Waals surface area contributed by atoms with Crippen molar-refractivity contribution < 1.29 is 9.90 Å². The van der Waals surface area contributed by atoms with Gasteiger partial charge in [0, 0.05) is 17.8 Å². The monoisotopic (exact) mass is 334 g/mol. The number of nitrogens with zero attached hydrogens (tertiary/aromatic N) is 2. The molecule has 0 fully saturated rings. The molecule has 0 atom stereocenters. The number of fused-ring (bicyclic) bond motifs is 1. The van der Waals surface area contributed by atoms with Crippen molar-refractivity contribution in [3.63, 3.8) is 0 Å². The highest BCUT2D eigenvalue weighted by Gasteiger charge is 2.16. The molecule has 25 heavy (non-hydrogen) atoms. The summed E-state index contributed by atoms with van der Waals surface area (Å²) >= 11 is 0. The number of benzene rings is 1. The fourth-order valence-electron chi connectivity index (χ4n) is 2.82. The summed E-state index contributed by atoms with van der Waals surface area (Å²) in [5, 5.41) is 9.01. The molecule has 0 aliphatic heterocycles. The van der Waals surface area contributed by atoms with Crippen molar-refractivity contribution in [1.29, 1.82) is 0 Å². The van der Waals surface area contributed by atoms with Gasteiger partial charge in [0.1, 0.15) is 5.65 Å². The first-order chi connectivity index (χ1) is 11.8. The molecule has 4 heteroatoms. The third-order valence-corrected chi connectivity index (χ3v) is 4.21. The van der Waals surface area contributed by atoms with Gasteiger partial charge >= 0.3 is 5.97 Å². The SMILES string of the molecule is Cc1ccc2nc(-c3ccc(C(C)(C)C)cc3)c(/C=C/C(=O)O)n2c1. The van der Waals surface area contributed by atoms with Crippen LogP contribution in [0.25, 0.3) is 23.0 Å². The number of aryl methyl sites for hydroxylation is 1. The average Bonchev–Trinajstić information content (AvgIpc) is 2.90. The Kier molecular flexibility index (Phi) is 4.21. The fourth-order valence-corrected chi connectivity index (χ4v) is 2.82. The summed E-state index contributed by atoms with van der Waals surface area (Å²) < 4.78 is 1.93. The molecule has 1 aromatic carbocycles. The largest absolute Gasteiger partial charge is 0.478 e. The van der Waals surface area contributed by atoms with Crippen LogP contribution in [-0.2, 0) is 10.2 Å². The Hall–Kier alpha value is -2.88. The second-order valence-electron chi connectivity index (χ2n) is 7.28. The molecule has 3 aromatic rings. The lowest BCUT2D eigenvalue weighted by Gasteiger charge is -2.19. The van der Waals surface area contributed by atoms with Crippen LogP contribution in [-0.4, -0.2) is 20.5 Å². The number of hydrogen-bond acceptors (Lipinski definition) is 2. The average molecular weight is 334 g/mol. The number of carboxylic acid groups (broad SMARTS) is 1. The van der Waals surface area contributed by atoms with Crippen LogP contribution >= 0.6 is 0 Å². The standard InChI is InChI=1S/C21H22N2O2/c1-14-5-11-18-22-20(17(23(18)13-14)10-12-19(24)25)15-6-8-16(9-7-15)21(2,3)4/h5-13H,1-4H3,(H,24,25)/b12-10+. The van der Waals surface area contributed by atoms with Crippen molar-refractivity contribution in [2.75, 3.05) is 0 Å². The lowest BCUT2D eigenvalue weighted by Crippen LogP contribution is -2.10. The van der Waals surface area contributed by atoms with Gasteiger partial charge in [0.15, 0.2) is 0 Å². The summed E-state index contributed by atoms with van der Waals surface area (Å²) in [5.74, 6) is -0.975. The number of aromatic nitrogens is 2. The number of hydrogen-bond donors (Lipinski definition) is 1. The zero-order chi connectivity index (χ0) is 18.2. The summed E-state index contributed by atoms with van der Waals surface area (Å²) in [7, 11) is 0. The maximum absolute atomic E-state index is 11.0. The summed E-state index contributed by atoms with van der Waals surface area (Å²) in [4.78, 5) is 15.7. The van der Waals surface area contributed by atoms with E-state index in [1.165, 1.54) is 5.56 Å². The molecule has 3 rings (SSSR count). The maximum atomic E-state index is 11.0. The predicted molar refractivity (Wildman–Crippen MR) is 101 cm³/mol. The molecule has 0 aliphatic rings. The van der Waals surface area contributed by atoms with Gasteiger partial charge in [0.2, 0.25) is 0 Å². The van der Waals surface area contributed by atoms with Gasteiger partial charge in [-0.25, -0.2) is 9.78 Å². The van der Waals surface area contributed by atoms with Crippen LogP contribution in [0, 0.1) is 6.92 Å². The number of aliphatic carboxylic acids is 1. The molecule has 0 aliphatic carbocycles. The van der Waals surface area contributed by atoms with Crippen LogP contribution in [0.1, 0.15) is 37.6 Å². The molecule has 0 unspecified atom stereocenters. The Morgan fingerprint density at radius 1 is 1.12 bits per heavy atom. The molecular formula is C21H22N2O2. The Labute approximate surface area is 147 Å². The van der Waals surface area contributed by atoms with E-state index < -0.39 is 5.97 Å². The van der Waals surface area contributed by atoms with Crippen LogP contribution in [0.2, 0.25) is 0 Å². The minimum atomic E-state index is -0.975. The van der Waals surface area contributed by atoms with Gasteiger partial charge in [-0.15, -0.1) is 0 Å². The van der Waals surface area contributed by atoms with Crippen LogP contribution < -0.4 is 0 Å². The van der Waals surface area contributed by atoms with Gasteiger partial charge in [-0.2, -0.15) is 0 Å². The first-order valence-corrected chi connectivity index (χ1v) is 8.26. The predicted octanol–water partition coefficient (Wildman–Crippen LogP) is 4.71. The molecule has 1 N–H and O–H groups in total. The van der Waals surface area contributed by atoms with E-state index in [4.69, 9.17) is 10.1 Å². The summed E-state index contributed by atoms with van der Waals surface area (Å²) in [6.45, 7) is 8.53. The van der Waals surface area contributed by atoms with E-state index in [9.17, 15) is 4.79 Å². The first kappa shape index (κ1) is 17.0. The molecule has 0 spiro atoms. The van der Waals surface area contributed by atoms with Crippen LogP contribution in [0.15, 0.2) is 48.7 Å². The molecule has 0 bridgehead atoms. The molecule has 0 amide bonds. The van der Waals surface area contributed by atoms with Crippen molar-refractivity contribution in [2.24, 2.45) is 0 Å². The van der Waals surface area contributed by atoms with Crippen molar-refractivity contribution in [1.82, 2.24) is 9.38 Å². The van der Waals surface area contributed by atoms with E-state index in [1.807, 2.05) is 41.8 Å². The third-order valence-electron chi connectivity index (χ3n) is 4.21. The molecule has 128 valence electrons. The maximum Gasteiger partial charge on any atom is 0.328 e. The summed E-state index contributed by atoms with van der Waals surface area (Å²) in [5.41, 5.74) is 5.74. The van der Waals surface area contributed by atoms with Crippen LogP contribution in [0.5, 0.6) is 0 Å². The van der Waals surface area contributed by atoms with E-state index in [1.54, 1.807) is 6.08 Å². The van der Waals surface area contributed by atoms with Gasteiger partial charge in [-0.3, -0.25) is 4.40 Å². The highest BCUT2D eigenvalue weighted by Crippen LogP contribution is 2.29. The first-order valence-electron chi connectivity index (χ1n) is 8.26. The lowest BCUT2D eigenvalue weighted by molar-refractivity contribution is -0.131. The molecule has 0 radical (unpaired) electrons. The van der Waals surface area contributed by atoms with Gasteiger partial charge in [-0.05, 0) is 35.6 Å². The second-order valence-corrected chi connectivity index (χ2v) is 7.28. The van der Waals surface area contributed by atoms with Crippen molar-refractivity contribution in [3.8, 4) is 11.3 Å². The molecule has 2 aromatic heterocycles. The van der Waals surface area contributed by atoms with E-state index in [0.717, 1.165) is 34.2 Å². The lowest BCUT2D eigenvalue weighted by atomic mass is 9.86. The topological polar surface area (TPSA) is 54.6 Å². The number of carbonyl (C=O) groups is 1. The smallest absolute Gasteiger partial charge is 0.328 e. The van der Waals surface area contributed by atoms with Crippen molar-refractivity contribution >= 4 is 17.7 Å². The van der Waals surface area contributed by atoms with Crippen molar-refractivity contribution in [3.05, 3.63) is 65.5 Å². The minimum absolute atomic E-state index is 0.0839. The molecule has 4 nitrogen and oxygen atoms in total. The number of pyridine rings is 1. The fraction of sp³-hybridized carbons (Fsp3) is 0.238. The molecule has 2 heterocycles. The molecule has 0 saturated heterocycles.